The molecule has 0 heterocycles. The second-order valence-electron chi connectivity index (χ2n) is 5.55. The van der Waals surface area contributed by atoms with Gasteiger partial charge >= 0.3 is 0 Å². The van der Waals surface area contributed by atoms with E-state index in [4.69, 9.17) is 9.47 Å². The zero-order valence-electron chi connectivity index (χ0n) is 13.3. The third-order valence-electron chi connectivity index (χ3n) is 3.77. The van der Waals surface area contributed by atoms with E-state index in [-0.39, 0.29) is 0 Å². The molecule has 0 unspecified atom stereocenters. The molecule has 2 aromatic carbocycles. The summed E-state index contributed by atoms with van der Waals surface area (Å²) in [6, 6.07) is 14.7. The van der Waals surface area contributed by atoms with Crippen molar-refractivity contribution in [3.05, 3.63) is 59.2 Å². The lowest BCUT2D eigenvalue weighted by Crippen LogP contribution is -2.00. The van der Waals surface area contributed by atoms with Crippen LogP contribution in [0.2, 0.25) is 0 Å². The number of rotatable bonds is 6. The quantitative estimate of drug-likeness (QED) is 0.771. The molecule has 0 saturated heterocycles. The Morgan fingerprint density at radius 3 is 2.33 bits per heavy atom. The summed E-state index contributed by atoms with van der Waals surface area (Å²) in [6.45, 7) is 4.40. The van der Waals surface area contributed by atoms with Crippen molar-refractivity contribution < 1.29 is 9.47 Å². The number of hydrogen-bond donors (Lipinski definition) is 0. The Kier molecular flexibility index (Phi) is 5.26. The van der Waals surface area contributed by atoms with Crippen molar-refractivity contribution in [2.45, 2.75) is 32.6 Å². The molecule has 0 aromatic heterocycles. The topological polar surface area (TPSA) is 18.5 Å². The number of benzene rings is 2. The van der Waals surface area contributed by atoms with Gasteiger partial charge in [0.1, 0.15) is 11.5 Å². The number of hydrogen-bond acceptors (Lipinski definition) is 2. The lowest BCUT2D eigenvalue weighted by Gasteiger charge is -2.16. The molecule has 0 aliphatic carbocycles. The predicted molar refractivity (Wildman–Crippen MR) is 87.5 cm³/mol. The normalized spacial score (nSPS) is 10.7. The molecule has 0 fully saturated rings. The van der Waals surface area contributed by atoms with Crippen molar-refractivity contribution in [2.75, 3.05) is 14.2 Å². The number of para-hydroxylation sites is 1. The second kappa shape index (κ2) is 7.16. The fourth-order valence-electron chi connectivity index (χ4n) is 2.61. The van der Waals surface area contributed by atoms with Gasteiger partial charge in [0, 0.05) is 0 Å². The van der Waals surface area contributed by atoms with E-state index in [0.717, 1.165) is 24.3 Å². The highest BCUT2D eigenvalue weighted by atomic mass is 16.5. The van der Waals surface area contributed by atoms with Gasteiger partial charge in [-0.05, 0) is 47.6 Å². The smallest absolute Gasteiger partial charge is 0.125 e. The minimum absolute atomic E-state index is 0.469. The summed E-state index contributed by atoms with van der Waals surface area (Å²) in [7, 11) is 3.46. The van der Waals surface area contributed by atoms with Crippen molar-refractivity contribution in [1.29, 1.82) is 0 Å². The van der Waals surface area contributed by atoms with Crippen molar-refractivity contribution in [3.8, 4) is 11.5 Å². The summed E-state index contributed by atoms with van der Waals surface area (Å²) in [5.74, 6) is 2.42. The molecular weight excluding hydrogens is 260 g/mol. The zero-order valence-corrected chi connectivity index (χ0v) is 13.3. The third kappa shape index (κ3) is 3.78. The summed E-state index contributed by atoms with van der Waals surface area (Å²) in [5, 5.41) is 0. The molecule has 2 rings (SSSR count). The van der Waals surface area contributed by atoms with Gasteiger partial charge in [-0.1, -0.05) is 44.2 Å². The molecule has 0 bridgehead atoms. The van der Waals surface area contributed by atoms with Crippen LogP contribution in [0.25, 0.3) is 0 Å². The Labute approximate surface area is 127 Å². The highest BCUT2D eigenvalue weighted by molar-refractivity contribution is 5.44. The molecule has 0 saturated carbocycles. The van der Waals surface area contributed by atoms with Crippen molar-refractivity contribution in [3.63, 3.8) is 0 Å². The average molecular weight is 284 g/mol. The van der Waals surface area contributed by atoms with Crippen LogP contribution in [0.4, 0.5) is 0 Å². The van der Waals surface area contributed by atoms with E-state index in [1.807, 2.05) is 12.1 Å². The van der Waals surface area contributed by atoms with Gasteiger partial charge in [0.25, 0.3) is 0 Å². The van der Waals surface area contributed by atoms with Crippen LogP contribution in [0, 0.1) is 0 Å². The maximum Gasteiger partial charge on any atom is 0.125 e. The molecule has 0 radical (unpaired) electrons. The fourth-order valence-corrected chi connectivity index (χ4v) is 2.61. The van der Waals surface area contributed by atoms with Crippen LogP contribution in [0.15, 0.2) is 42.5 Å². The summed E-state index contributed by atoms with van der Waals surface area (Å²) in [6.07, 6.45) is 1.95. The lowest BCUT2D eigenvalue weighted by molar-refractivity contribution is 0.402. The molecule has 21 heavy (non-hydrogen) atoms. The predicted octanol–water partition coefficient (Wildman–Crippen LogP) is 4.61. The number of ether oxygens (including phenoxy) is 2. The van der Waals surface area contributed by atoms with Gasteiger partial charge in [-0.15, -0.1) is 0 Å². The minimum atomic E-state index is 0.469. The zero-order chi connectivity index (χ0) is 15.2. The minimum Gasteiger partial charge on any atom is -0.497 e. The molecule has 0 aliphatic heterocycles. The Bertz CT molecular complexity index is 588. The number of methoxy groups -OCH3 is 2. The Balaban J connectivity index is 2.17. The molecule has 0 spiro atoms. The monoisotopic (exact) mass is 284 g/mol. The third-order valence-corrected chi connectivity index (χ3v) is 3.77. The molecule has 2 aromatic rings. The fraction of sp³-hybridized carbons (Fsp3) is 0.368. The van der Waals surface area contributed by atoms with Gasteiger partial charge < -0.3 is 9.47 Å². The van der Waals surface area contributed by atoms with E-state index in [9.17, 15) is 0 Å². The molecule has 0 atom stereocenters. The van der Waals surface area contributed by atoms with E-state index in [1.165, 1.54) is 16.7 Å². The van der Waals surface area contributed by atoms with Crippen LogP contribution in [0.5, 0.6) is 11.5 Å². The largest absolute Gasteiger partial charge is 0.497 e. The van der Waals surface area contributed by atoms with Gasteiger partial charge in [-0.25, -0.2) is 0 Å². The Morgan fingerprint density at radius 2 is 1.67 bits per heavy atom. The standard InChI is InChI=1S/C19H24O2/c1-14(2)18-10-6-8-16(19(18)21-4)12-11-15-7-5-9-17(13-15)20-3/h5-10,13-14H,11-12H2,1-4H3. The van der Waals surface area contributed by atoms with Crippen LogP contribution in [0.3, 0.4) is 0 Å². The maximum absolute atomic E-state index is 5.65. The second-order valence-corrected chi connectivity index (χ2v) is 5.55. The van der Waals surface area contributed by atoms with Gasteiger partial charge in [-0.3, -0.25) is 0 Å². The first-order valence-electron chi connectivity index (χ1n) is 7.44. The Hall–Kier alpha value is -1.96. The van der Waals surface area contributed by atoms with Gasteiger partial charge in [-0.2, -0.15) is 0 Å². The molecule has 2 heteroatoms. The summed E-state index contributed by atoms with van der Waals surface area (Å²) >= 11 is 0. The molecule has 0 aliphatic rings. The van der Waals surface area contributed by atoms with Gasteiger partial charge in [0.15, 0.2) is 0 Å². The molecular formula is C19H24O2. The van der Waals surface area contributed by atoms with Crippen LogP contribution in [-0.4, -0.2) is 14.2 Å². The number of aryl methyl sites for hydroxylation is 2. The Morgan fingerprint density at radius 1 is 0.905 bits per heavy atom. The van der Waals surface area contributed by atoms with Crippen LogP contribution in [0.1, 0.15) is 36.5 Å². The summed E-state index contributed by atoms with van der Waals surface area (Å²) in [5.41, 5.74) is 3.83. The van der Waals surface area contributed by atoms with E-state index in [0.29, 0.717) is 5.92 Å². The van der Waals surface area contributed by atoms with Crippen LogP contribution in [-0.2, 0) is 12.8 Å². The van der Waals surface area contributed by atoms with E-state index in [1.54, 1.807) is 14.2 Å². The maximum atomic E-state index is 5.65. The SMILES string of the molecule is COc1cccc(CCc2cccc(C(C)C)c2OC)c1. The molecule has 112 valence electrons. The van der Waals surface area contributed by atoms with E-state index in [2.05, 4.69) is 44.2 Å². The van der Waals surface area contributed by atoms with Crippen LogP contribution >= 0.6 is 0 Å². The van der Waals surface area contributed by atoms with Gasteiger partial charge in [0.05, 0.1) is 14.2 Å². The van der Waals surface area contributed by atoms with Crippen LogP contribution < -0.4 is 9.47 Å². The van der Waals surface area contributed by atoms with E-state index >= 15 is 0 Å². The van der Waals surface area contributed by atoms with Crippen molar-refractivity contribution in [1.82, 2.24) is 0 Å². The average Bonchev–Trinajstić information content (AvgIpc) is 2.52. The highest BCUT2D eigenvalue weighted by Crippen LogP contribution is 2.30. The first-order chi connectivity index (χ1) is 10.2. The molecule has 0 N–H and O–H groups in total. The first kappa shape index (κ1) is 15.4. The van der Waals surface area contributed by atoms with Crippen molar-refractivity contribution >= 4 is 0 Å². The summed E-state index contributed by atoms with van der Waals surface area (Å²) in [4.78, 5) is 0. The molecule has 2 nitrogen and oxygen atoms in total. The lowest BCUT2D eigenvalue weighted by atomic mass is 9.96. The van der Waals surface area contributed by atoms with Crippen molar-refractivity contribution in [2.24, 2.45) is 0 Å². The highest BCUT2D eigenvalue weighted by Gasteiger charge is 2.11. The molecule has 0 amide bonds. The summed E-state index contributed by atoms with van der Waals surface area (Å²) < 4.78 is 10.9. The van der Waals surface area contributed by atoms with E-state index < -0.39 is 0 Å². The first-order valence-corrected chi connectivity index (χ1v) is 7.44. The van der Waals surface area contributed by atoms with Gasteiger partial charge in [0.2, 0.25) is 0 Å².